The highest BCUT2D eigenvalue weighted by Crippen LogP contribution is 2.37. The lowest BCUT2D eigenvalue weighted by molar-refractivity contribution is 0.0697. The van der Waals surface area contributed by atoms with Gasteiger partial charge in [0.25, 0.3) is 0 Å². The molecule has 0 fully saturated rings. The maximum Gasteiger partial charge on any atom is 0.335 e. The lowest BCUT2D eigenvalue weighted by atomic mass is 9.76. The number of fused-ring (bicyclic) bond motifs is 1. The largest absolute Gasteiger partial charge is 0.497 e. The molecule has 4 heteroatoms. The van der Waals surface area contributed by atoms with E-state index in [0.717, 1.165) is 49.0 Å². The number of aliphatic hydroxyl groups excluding tert-OH is 1. The minimum absolute atomic E-state index is 0.0113. The Labute approximate surface area is 189 Å². The van der Waals surface area contributed by atoms with Crippen molar-refractivity contribution >= 4 is 5.97 Å². The molecule has 3 aromatic carbocycles. The van der Waals surface area contributed by atoms with Crippen molar-refractivity contribution in [2.24, 2.45) is 0 Å². The molecule has 166 valence electrons. The van der Waals surface area contributed by atoms with Crippen molar-refractivity contribution in [3.8, 4) is 5.75 Å². The Balaban J connectivity index is 1.56. The third-order valence-electron chi connectivity index (χ3n) is 6.50. The number of carboxylic acids is 1. The summed E-state index contributed by atoms with van der Waals surface area (Å²) in [5.74, 6) is 0.349. The van der Waals surface area contributed by atoms with Gasteiger partial charge in [-0.25, -0.2) is 4.79 Å². The number of hydrogen-bond donors (Lipinski definition) is 2. The number of carboxylic acid groups (broad SMARTS) is 1. The highest BCUT2D eigenvalue weighted by atomic mass is 16.5. The van der Waals surface area contributed by atoms with Crippen LogP contribution in [0.2, 0.25) is 0 Å². The topological polar surface area (TPSA) is 66.8 Å². The zero-order chi connectivity index (χ0) is 22.5. The van der Waals surface area contributed by atoms with Gasteiger partial charge in [0.1, 0.15) is 5.75 Å². The van der Waals surface area contributed by atoms with Crippen LogP contribution in [0.5, 0.6) is 5.75 Å². The molecular formula is C28H30O4. The smallest absolute Gasteiger partial charge is 0.335 e. The molecule has 0 heterocycles. The van der Waals surface area contributed by atoms with Gasteiger partial charge < -0.3 is 14.9 Å². The second-order valence-corrected chi connectivity index (χ2v) is 8.63. The molecule has 0 radical (unpaired) electrons. The van der Waals surface area contributed by atoms with Gasteiger partial charge in [-0.15, -0.1) is 0 Å². The van der Waals surface area contributed by atoms with Crippen LogP contribution in [0.25, 0.3) is 0 Å². The molecule has 32 heavy (non-hydrogen) atoms. The van der Waals surface area contributed by atoms with Crippen LogP contribution < -0.4 is 4.74 Å². The summed E-state index contributed by atoms with van der Waals surface area (Å²) in [4.78, 5) is 11.1. The lowest BCUT2D eigenvalue weighted by Gasteiger charge is -2.29. The number of hydrogen-bond acceptors (Lipinski definition) is 3. The summed E-state index contributed by atoms with van der Waals surface area (Å²) in [5.41, 5.74) is 7.88. The zero-order valence-electron chi connectivity index (χ0n) is 18.5. The SMILES string of the molecule is COc1cc(CO)cc(CC2CCCc3cccc(CCc4ccc(C(=O)O)cc4)c32)c1. The Morgan fingerprint density at radius 3 is 2.50 bits per heavy atom. The molecule has 1 atom stereocenters. The van der Waals surface area contributed by atoms with Gasteiger partial charge in [0, 0.05) is 0 Å². The summed E-state index contributed by atoms with van der Waals surface area (Å²) in [6.07, 6.45) is 6.22. The van der Waals surface area contributed by atoms with Crippen molar-refractivity contribution in [3.05, 3.63) is 99.6 Å². The second kappa shape index (κ2) is 10.0. The number of aryl methyl sites for hydroxylation is 3. The summed E-state index contributed by atoms with van der Waals surface area (Å²) in [6.45, 7) is 0.0113. The number of carbonyl (C=O) groups is 1. The maximum atomic E-state index is 11.1. The molecule has 0 amide bonds. The van der Waals surface area contributed by atoms with Gasteiger partial charge in [-0.1, -0.05) is 36.4 Å². The fourth-order valence-corrected chi connectivity index (χ4v) is 4.95. The van der Waals surface area contributed by atoms with Gasteiger partial charge >= 0.3 is 5.97 Å². The van der Waals surface area contributed by atoms with Crippen LogP contribution in [-0.4, -0.2) is 23.3 Å². The van der Waals surface area contributed by atoms with E-state index in [4.69, 9.17) is 9.84 Å². The first-order chi connectivity index (χ1) is 15.6. The number of rotatable bonds is 8. The van der Waals surface area contributed by atoms with Gasteiger partial charge in [0.2, 0.25) is 0 Å². The first-order valence-electron chi connectivity index (χ1n) is 11.3. The van der Waals surface area contributed by atoms with Gasteiger partial charge in [-0.05, 0) is 102 Å². The number of methoxy groups -OCH3 is 1. The van der Waals surface area contributed by atoms with E-state index in [1.807, 2.05) is 18.2 Å². The standard InChI is InChI=1S/C28H30O4/c1-32-26-16-20(14-21(17-26)18-29)15-25-7-3-5-22-4-2-6-23(27(22)25)11-8-19-9-12-24(13-10-19)28(30)31/h2,4,6,9-10,12-14,16-17,25,29H,3,5,7-8,11,15,18H2,1H3,(H,30,31). The minimum atomic E-state index is -0.890. The normalized spacial score (nSPS) is 15.2. The monoisotopic (exact) mass is 430 g/mol. The van der Waals surface area contributed by atoms with E-state index in [-0.39, 0.29) is 6.61 Å². The van der Waals surface area contributed by atoms with Crippen LogP contribution in [0.3, 0.4) is 0 Å². The predicted octanol–water partition coefficient (Wildman–Crippen LogP) is 5.33. The number of aromatic carboxylic acids is 1. The summed E-state index contributed by atoms with van der Waals surface area (Å²) < 4.78 is 5.44. The van der Waals surface area contributed by atoms with Crippen LogP contribution in [0.1, 0.15) is 62.5 Å². The Morgan fingerprint density at radius 2 is 1.78 bits per heavy atom. The van der Waals surface area contributed by atoms with Crippen LogP contribution in [0.4, 0.5) is 0 Å². The van der Waals surface area contributed by atoms with E-state index in [9.17, 15) is 9.90 Å². The summed E-state index contributed by atoms with van der Waals surface area (Å²) in [7, 11) is 1.66. The van der Waals surface area contributed by atoms with Crippen LogP contribution in [0, 0.1) is 0 Å². The van der Waals surface area contributed by atoms with Gasteiger partial charge in [0.15, 0.2) is 0 Å². The number of aliphatic hydroxyl groups is 1. The van der Waals surface area contributed by atoms with E-state index < -0.39 is 5.97 Å². The minimum Gasteiger partial charge on any atom is -0.497 e. The number of benzene rings is 3. The second-order valence-electron chi connectivity index (χ2n) is 8.63. The van der Waals surface area contributed by atoms with Crippen LogP contribution in [-0.2, 0) is 32.3 Å². The Morgan fingerprint density at radius 1 is 1.00 bits per heavy atom. The van der Waals surface area contributed by atoms with Crippen LogP contribution in [0.15, 0.2) is 60.7 Å². The third kappa shape index (κ3) is 5.03. The highest BCUT2D eigenvalue weighted by Gasteiger charge is 2.23. The Kier molecular flexibility index (Phi) is 6.91. The van der Waals surface area contributed by atoms with E-state index in [0.29, 0.717) is 11.5 Å². The number of ether oxygens (including phenoxy) is 1. The van der Waals surface area contributed by atoms with E-state index in [1.54, 1.807) is 19.2 Å². The van der Waals surface area contributed by atoms with Crippen molar-refractivity contribution in [1.29, 1.82) is 0 Å². The molecule has 0 aliphatic heterocycles. The zero-order valence-corrected chi connectivity index (χ0v) is 18.5. The average molecular weight is 431 g/mol. The lowest BCUT2D eigenvalue weighted by Crippen LogP contribution is -2.15. The van der Waals surface area contributed by atoms with E-state index >= 15 is 0 Å². The fraction of sp³-hybridized carbons (Fsp3) is 0.321. The highest BCUT2D eigenvalue weighted by molar-refractivity contribution is 5.87. The molecule has 0 saturated carbocycles. The predicted molar refractivity (Wildman–Crippen MR) is 126 cm³/mol. The average Bonchev–Trinajstić information content (AvgIpc) is 2.82. The molecule has 0 saturated heterocycles. The quantitative estimate of drug-likeness (QED) is 0.507. The van der Waals surface area contributed by atoms with Gasteiger partial charge in [0.05, 0.1) is 19.3 Å². The van der Waals surface area contributed by atoms with Gasteiger partial charge in [-0.2, -0.15) is 0 Å². The van der Waals surface area contributed by atoms with Crippen molar-refractivity contribution < 1.29 is 19.7 Å². The molecule has 1 aliphatic rings. The van der Waals surface area contributed by atoms with E-state index in [1.165, 1.54) is 28.7 Å². The van der Waals surface area contributed by atoms with Crippen molar-refractivity contribution in [2.75, 3.05) is 7.11 Å². The first kappa shape index (κ1) is 22.1. The maximum absolute atomic E-state index is 11.1. The molecule has 0 bridgehead atoms. The molecule has 1 unspecified atom stereocenters. The summed E-state index contributed by atoms with van der Waals surface area (Å²) >= 11 is 0. The van der Waals surface area contributed by atoms with Crippen molar-refractivity contribution in [1.82, 2.24) is 0 Å². The molecule has 0 spiro atoms. The molecule has 0 aromatic heterocycles. The molecular weight excluding hydrogens is 400 g/mol. The van der Waals surface area contributed by atoms with Crippen LogP contribution >= 0.6 is 0 Å². The van der Waals surface area contributed by atoms with Crippen molar-refractivity contribution in [3.63, 3.8) is 0 Å². The van der Waals surface area contributed by atoms with E-state index in [2.05, 4.69) is 30.3 Å². The van der Waals surface area contributed by atoms with Crippen molar-refractivity contribution in [2.45, 2.75) is 51.0 Å². The Hall–Kier alpha value is -3.11. The fourth-order valence-electron chi connectivity index (χ4n) is 4.95. The summed E-state index contributed by atoms with van der Waals surface area (Å²) in [6, 6.07) is 19.9. The molecule has 1 aliphatic carbocycles. The first-order valence-corrected chi connectivity index (χ1v) is 11.3. The molecule has 3 aromatic rings. The Bertz CT molecular complexity index is 1060. The molecule has 4 nitrogen and oxygen atoms in total. The van der Waals surface area contributed by atoms with Gasteiger partial charge in [-0.3, -0.25) is 0 Å². The molecule has 2 N–H and O–H groups in total. The third-order valence-corrected chi connectivity index (χ3v) is 6.50. The molecule has 4 rings (SSSR count). The summed E-state index contributed by atoms with van der Waals surface area (Å²) in [5, 5.41) is 18.7.